The smallest absolute Gasteiger partial charge is 0.0860 e. The fraction of sp³-hybridized carbons (Fsp3) is 0.727. The van der Waals surface area contributed by atoms with Crippen LogP contribution in [-0.2, 0) is 18.3 Å². The summed E-state index contributed by atoms with van der Waals surface area (Å²) in [6, 6.07) is 0.240. The van der Waals surface area contributed by atoms with E-state index in [-0.39, 0.29) is 6.04 Å². The highest BCUT2D eigenvalue weighted by atomic mass is 35.5. The molecule has 1 atom stereocenters. The fourth-order valence-electron chi connectivity index (χ4n) is 1.69. The third kappa shape index (κ3) is 4.14. The van der Waals surface area contributed by atoms with E-state index in [4.69, 9.17) is 27.9 Å². The van der Waals surface area contributed by atoms with Gasteiger partial charge in [-0.2, -0.15) is 5.10 Å². The summed E-state index contributed by atoms with van der Waals surface area (Å²) in [7, 11) is 3.58. The number of halogens is 2. The lowest BCUT2D eigenvalue weighted by atomic mass is 10.2. The molecule has 17 heavy (non-hydrogen) atoms. The van der Waals surface area contributed by atoms with Crippen LogP contribution in [0.1, 0.15) is 17.8 Å². The molecule has 0 aliphatic carbocycles. The molecule has 0 aliphatic rings. The van der Waals surface area contributed by atoms with Crippen molar-refractivity contribution in [2.24, 2.45) is 7.05 Å². The maximum atomic E-state index is 6.17. The second-order valence-corrected chi connectivity index (χ2v) is 4.74. The minimum absolute atomic E-state index is 0.240. The minimum atomic E-state index is 0.240. The van der Waals surface area contributed by atoms with Crippen LogP contribution < -0.4 is 5.32 Å². The van der Waals surface area contributed by atoms with Crippen molar-refractivity contribution < 1.29 is 4.74 Å². The predicted octanol–water partition coefficient (Wildman–Crippen LogP) is 2.12. The zero-order chi connectivity index (χ0) is 12.8. The van der Waals surface area contributed by atoms with Gasteiger partial charge in [-0.05, 0) is 13.3 Å². The number of aromatic nitrogens is 2. The average molecular weight is 280 g/mol. The van der Waals surface area contributed by atoms with Crippen molar-refractivity contribution in [1.82, 2.24) is 15.1 Å². The molecule has 0 fully saturated rings. The summed E-state index contributed by atoms with van der Waals surface area (Å²) >= 11 is 11.9. The molecule has 98 valence electrons. The number of rotatable bonds is 7. The third-order valence-electron chi connectivity index (χ3n) is 2.65. The Labute approximate surface area is 112 Å². The second-order valence-electron chi connectivity index (χ2n) is 3.98. The quantitative estimate of drug-likeness (QED) is 0.778. The van der Waals surface area contributed by atoms with Gasteiger partial charge in [0, 0.05) is 32.6 Å². The van der Waals surface area contributed by atoms with Gasteiger partial charge in [0.1, 0.15) is 0 Å². The number of methoxy groups -OCH3 is 1. The number of ether oxygens (including phenoxy) is 1. The molecule has 0 radical (unpaired) electrons. The van der Waals surface area contributed by atoms with Gasteiger partial charge >= 0.3 is 0 Å². The summed E-state index contributed by atoms with van der Waals surface area (Å²) < 4.78 is 6.93. The number of nitrogens with zero attached hydrogens (tertiary/aromatic N) is 2. The first kappa shape index (κ1) is 14.8. The molecule has 6 heteroatoms. The summed E-state index contributed by atoms with van der Waals surface area (Å²) in [6.07, 6.45) is 0.865. The zero-order valence-corrected chi connectivity index (χ0v) is 12.0. The summed E-state index contributed by atoms with van der Waals surface area (Å²) in [6.45, 7) is 3.21. The lowest BCUT2D eigenvalue weighted by Gasteiger charge is -2.16. The molecular weight excluding hydrogens is 261 g/mol. The van der Waals surface area contributed by atoms with E-state index in [2.05, 4.69) is 10.4 Å². The molecule has 1 aromatic rings. The van der Waals surface area contributed by atoms with E-state index < -0.39 is 0 Å². The van der Waals surface area contributed by atoms with E-state index in [1.165, 1.54) is 0 Å². The maximum absolute atomic E-state index is 6.17. The van der Waals surface area contributed by atoms with Gasteiger partial charge in [0.2, 0.25) is 0 Å². The first-order chi connectivity index (χ1) is 8.10. The van der Waals surface area contributed by atoms with Gasteiger partial charge in [-0.1, -0.05) is 11.6 Å². The van der Waals surface area contributed by atoms with Crippen LogP contribution in [-0.4, -0.2) is 35.4 Å². The summed E-state index contributed by atoms with van der Waals surface area (Å²) in [5, 5.41) is 8.37. The first-order valence-electron chi connectivity index (χ1n) is 5.56. The Morgan fingerprint density at radius 2 is 2.24 bits per heavy atom. The van der Waals surface area contributed by atoms with Crippen molar-refractivity contribution in [2.45, 2.75) is 25.9 Å². The van der Waals surface area contributed by atoms with Gasteiger partial charge in [-0.3, -0.25) is 4.68 Å². The Hall–Kier alpha value is -0.290. The largest absolute Gasteiger partial charge is 0.383 e. The monoisotopic (exact) mass is 279 g/mol. The van der Waals surface area contributed by atoms with E-state index in [1.54, 1.807) is 11.8 Å². The summed E-state index contributed by atoms with van der Waals surface area (Å²) in [5.41, 5.74) is 1.84. The fourth-order valence-corrected chi connectivity index (χ4v) is 2.18. The molecule has 0 aliphatic heterocycles. The van der Waals surface area contributed by atoms with E-state index in [0.29, 0.717) is 19.0 Å². The Morgan fingerprint density at radius 1 is 1.53 bits per heavy atom. The molecule has 1 unspecified atom stereocenters. The topological polar surface area (TPSA) is 39.1 Å². The van der Waals surface area contributed by atoms with Crippen molar-refractivity contribution in [3.8, 4) is 0 Å². The molecule has 0 saturated heterocycles. The molecule has 0 amide bonds. The van der Waals surface area contributed by atoms with Gasteiger partial charge in [0.25, 0.3) is 0 Å². The van der Waals surface area contributed by atoms with Crippen LogP contribution in [0, 0.1) is 6.92 Å². The highest BCUT2D eigenvalue weighted by Crippen LogP contribution is 2.19. The molecule has 1 N–H and O–H groups in total. The third-order valence-corrected chi connectivity index (χ3v) is 3.36. The average Bonchev–Trinajstić information content (AvgIpc) is 2.51. The van der Waals surface area contributed by atoms with Crippen LogP contribution in [0.25, 0.3) is 0 Å². The standard InChI is InChI=1S/C11H19Cl2N3O/c1-8-11(13)10(16(2)15-8)6-14-9(4-5-12)7-17-3/h9,14H,4-7H2,1-3H3. The molecule has 0 aromatic carbocycles. The lowest BCUT2D eigenvalue weighted by molar-refractivity contribution is 0.163. The van der Waals surface area contributed by atoms with Crippen LogP contribution in [0.15, 0.2) is 0 Å². The summed E-state index contributed by atoms with van der Waals surface area (Å²) in [5.74, 6) is 0.610. The number of alkyl halides is 1. The minimum Gasteiger partial charge on any atom is -0.383 e. The van der Waals surface area contributed by atoms with Crippen LogP contribution in [0.2, 0.25) is 5.02 Å². The van der Waals surface area contributed by atoms with E-state index in [1.807, 2.05) is 14.0 Å². The molecule has 0 spiro atoms. The second kappa shape index (κ2) is 7.21. The maximum Gasteiger partial charge on any atom is 0.0860 e. The van der Waals surface area contributed by atoms with Crippen LogP contribution in [0.4, 0.5) is 0 Å². The molecule has 1 heterocycles. The molecular formula is C11H19Cl2N3O. The van der Waals surface area contributed by atoms with Gasteiger partial charge in [0.15, 0.2) is 0 Å². The number of nitrogens with one attached hydrogen (secondary N) is 1. The number of hydrogen-bond acceptors (Lipinski definition) is 3. The van der Waals surface area contributed by atoms with Gasteiger partial charge < -0.3 is 10.1 Å². The molecule has 1 rings (SSSR count). The van der Waals surface area contributed by atoms with Gasteiger partial charge in [0.05, 0.1) is 23.0 Å². The number of hydrogen-bond donors (Lipinski definition) is 1. The summed E-state index contributed by atoms with van der Waals surface area (Å²) in [4.78, 5) is 0. The lowest BCUT2D eigenvalue weighted by Crippen LogP contribution is -2.33. The van der Waals surface area contributed by atoms with Crippen LogP contribution >= 0.6 is 23.2 Å². The SMILES string of the molecule is COCC(CCCl)NCc1c(Cl)c(C)nn1C. The molecule has 1 aromatic heterocycles. The first-order valence-corrected chi connectivity index (χ1v) is 6.47. The van der Waals surface area contributed by atoms with Crippen molar-refractivity contribution in [1.29, 1.82) is 0 Å². The predicted molar refractivity (Wildman–Crippen MR) is 70.8 cm³/mol. The van der Waals surface area contributed by atoms with Gasteiger partial charge in [-0.15, -0.1) is 11.6 Å². The van der Waals surface area contributed by atoms with E-state index in [9.17, 15) is 0 Å². The molecule has 0 bridgehead atoms. The van der Waals surface area contributed by atoms with Crippen molar-refractivity contribution in [3.05, 3.63) is 16.4 Å². The normalized spacial score (nSPS) is 13.0. The highest BCUT2D eigenvalue weighted by molar-refractivity contribution is 6.31. The zero-order valence-electron chi connectivity index (χ0n) is 10.5. The Morgan fingerprint density at radius 3 is 2.71 bits per heavy atom. The van der Waals surface area contributed by atoms with Crippen LogP contribution in [0.5, 0.6) is 0 Å². The van der Waals surface area contributed by atoms with E-state index >= 15 is 0 Å². The molecule has 4 nitrogen and oxygen atoms in total. The Bertz CT molecular complexity index is 349. The van der Waals surface area contributed by atoms with Crippen molar-refractivity contribution in [2.75, 3.05) is 19.6 Å². The Balaban J connectivity index is 2.58. The number of aryl methyl sites for hydroxylation is 2. The van der Waals surface area contributed by atoms with E-state index in [0.717, 1.165) is 22.8 Å². The Kier molecular flexibility index (Phi) is 6.27. The van der Waals surface area contributed by atoms with Crippen molar-refractivity contribution in [3.63, 3.8) is 0 Å². The van der Waals surface area contributed by atoms with Crippen molar-refractivity contribution >= 4 is 23.2 Å². The van der Waals surface area contributed by atoms with Gasteiger partial charge in [-0.25, -0.2) is 0 Å². The highest BCUT2D eigenvalue weighted by Gasteiger charge is 2.13. The molecule has 0 saturated carbocycles. The van der Waals surface area contributed by atoms with Crippen LogP contribution in [0.3, 0.4) is 0 Å².